The van der Waals surface area contributed by atoms with Crippen molar-refractivity contribution >= 4 is 29.1 Å². The molecular weight excluding hydrogens is 301 g/mol. The number of hydrogen-bond acceptors (Lipinski definition) is 5. The van der Waals surface area contributed by atoms with Crippen LogP contribution in [0.15, 0.2) is 6.07 Å². The fourth-order valence-electron chi connectivity index (χ4n) is 2.11. The summed E-state index contributed by atoms with van der Waals surface area (Å²) in [6, 6.07) is 3.59. The first kappa shape index (κ1) is 15.0. The first-order chi connectivity index (χ1) is 9.60. The number of piperidine rings is 1. The Balaban J connectivity index is 1.93. The van der Waals surface area contributed by atoms with Crippen LogP contribution in [0.2, 0.25) is 10.3 Å². The molecular formula is C12H13Cl2N5O. The Morgan fingerprint density at radius 3 is 2.80 bits per heavy atom. The van der Waals surface area contributed by atoms with Gasteiger partial charge in [0.2, 0.25) is 0 Å². The molecule has 1 aliphatic rings. The van der Waals surface area contributed by atoms with E-state index < -0.39 is 0 Å². The molecule has 0 saturated carbocycles. The second-order valence-corrected chi connectivity index (χ2v) is 5.30. The molecule has 1 saturated heterocycles. The molecule has 0 radical (unpaired) electrons. The number of rotatable bonds is 3. The molecule has 1 aromatic rings. The maximum Gasteiger partial charge on any atom is 0.254 e. The number of likely N-dealkylation sites (tertiary alicyclic amines) is 1. The Bertz CT molecular complexity index is 537. The van der Waals surface area contributed by atoms with Crippen molar-refractivity contribution < 1.29 is 4.79 Å². The van der Waals surface area contributed by atoms with Crippen LogP contribution in [0.1, 0.15) is 23.2 Å². The van der Waals surface area contributed by atoms with Crippen molar-refractivity contribution in [1.82, 2.24) is 20.4 Å². The lowest BCUT2D eigenvalue weighted by atomic mass is 10.0. The van der Waals surface area contributed by atoms with Gasteiger partial charge in [-0.3, -0.25) is 9.69 Å². The Hall–Kier alpha value is -1.42. The van der Waals surface area contributed by atoms with E-state index in [-0.39, 0.29) is 27.8 Å². The number of amides is 1. The molecule has 20 heavy (non-hydrogen) atoms. The second kappa shape index (κ2) is 6.84. The number of nitrogens with one attached hydrogen (secondary N) is 1. The summed E-state index contributed by atoms with van der Waals surface area (Å²) < 4.78 is 0. The lowest BCUT2D eigenvalue weighted by Gasteiger charge is -2.30. The lowest BCUT2D eigenvalue weighted by molar-refractivity contribution is 0.0914. The van der Waals surface area contributed by atoms with Crippen molar-refractivity contribution in [3.05, 3.63) is 21.9 Å². The smallest absolute Gasteiger partial charge is 0.254 e. The van der Waals surface area contributed by atoms with Crippen LogP contribution in [0.25, 0.3) is 0 Å². The van der Waals surface area contributed by atoms with E-state index in [0.29, 0.717) is 6.54 Å². The van der Waals surface area contributed by atoms with Crippen molar-refractivity contribution in [1.29, 1.82) is 5.26 Å². The van der Waals surface area contributed by atoms with Gasteiger partial charge in [0.15, 0.2) is 10.3 Å². The van der Waals surface area contributed by atoms with Crippen molar-refractivity contribution in [3.8, 4) is 6.07 Å². The van der Waals surface area contributed by atoms with E-state index in [1.54, 1.807) is 0 Å². The third kappa shape index (κ3) is 3.79. The van der Waals surface area contributed by atoms with Crippen LogP contribution in [0.5, 0.6) is 0 Å². The molecule has 1 amide bonds. The predicted octanol–water partition coefficient (Wildman–Crippen LogP) is 1.50. The summed E-state index contributed by atoms with van der Waals surface area (Å²) >= 11 is 11.5. The number of nitriles is 1. The summed E-state index contributed by atoms with van der Waals surface area (Å²) in [7, 11) is 0. The molecule has 0 unspecified atom stereocenters. The van der Waals surface area contributed by atoms with Crippen molar-refractivity contribution in [3.63, 3.8) is 0 Å². The second-order valence-electron chi connectivity index (χ2n) is 4.55. The predicted molar refractivity (Wildman–Crippen MR) is 74.6 cm³/mol. The molecule has 0 aliphatic carbocycles. The molecule has 2 rings (SSSR count). The zero-order valence-electron chi connectivity index (χ0n) is 10.6. The average Bonchev–Trinajstić information content (AvgIpc) is 2.44. The molecule has 0 aromatic carbocycles. The van der Waals surface area contributed by atoms with Gasteiger partial charge in [-0.1, -0.05) is 23.2 Å². The van der Waals surface area contributed by atoms with Gasteiger partial charge in [-0.25, -0.2) is 0 Å². The van der Waals surface area contributed by atoms with E-state index in [1.807, 2.05) is 0 Å². The highest BCUT2D eigenvalue weighted by Gasteiger charge is 2.22. The van der Waals surface area contributed by atoms with Gasteiger partial charge in [0.05, 0.1) is 18.2 Å². The molecule has 0 spiro atoms. The van der Waals surface area contributed by atoms with E-state index in [4.69, 9.17) is 28.5 Å². The average molecular weight is 314 g/mol. The van der Waals surface area contributed by atoms with E-state index in [9.17, 15) is 4.79 Å². The zero-order chi connectivity index (χ0) is 14.5. The van der Waals surface area contributed by atoms with Gasteiger partial charge in [-0.05, 0) is 18.9 Å². The molecule has 8 heteroatoms. The summed E-state index contributed by atoms with van der Waals surface area (Å²) in [6.45, 7) is 2.01. The van der Waals surface area contributed by atoms with Gasteiger partial charge in [-0.2, -0.15) is 5.26 Å². The van der Waals surface area contributed by atoms with Crippen molar-refractivity contribution in [2.45, 2.75) is 18.9 Å². The van der Waals surface area contributed by atoms with E-state index in [2.05, 4.69) is 26.5 Å². The van der Waals surface area contributed by atoms with E-state index >= 15 is 0 Å². The van der Waals surface area contributed by atoms with Crippen LogP contribution >= 0.6 is 23.2 Å². The van der Waals surface area contributed by atoms with Gasteiger partial charge in [-0.15, -0.1) is 10.2 Å². The van der Waals surface area contributed by atoms with Crippen LogP contribution in [0, 0.1) is 11.3 Å². The molecule has 6 nitrogen and oxygen atoms in total. The van der Waals surface area contributed by atoms with Gasteiger partial charge < -0.3 is 5.32 Å². The van der Waals surface area contributed by atoms with Gasteiger partial charge >= 0.3 is 0 Å². The maximum atomic E-state index is 12.1. The minimum atomic E-state index is -0.300. The fourth-order valence-corrected chi connectivity index (χ4v) is 2.44. The standard InChI is InChI=1S/C12H13Cl2N5O/c13-10-7-9(11(14)18-17-10)12(20)16-8-1-4-19(5-2-8)6-3-15/h7-8H,1-2,4-6H2,(H,16,20). The molecule has 1 aromatic heterocycles. The van der Waals surface area contributed by atoms with Crippen molar-refractivity contribution in [2.75, 3.05) is 19.6 Å². The van der Waals surface area contributed by atoms with E-state index in [0.717, 1.165) is 25.9 Å². The van der Waals surface area contributed by atoms with E-state index in [1.165, 1.54) is 6.07 Å². The summed E-state index contributed by atoms with van der Waals surface area (Å²) in [5.41, 5.74) is 0.228. The quantitative estimate of drug-likeness (QED) is 0.855. The largest absolute Gasteiger partial charge is 0.349 e. The number of carbonyl (C=O) groups is 1. The number of aromatic nitrogens is 2. The van der Waals surface area contributed by atoms with Crippen LogP contribution in [-0.4, -0.2) is 46.7 Å². The topological polar surface area (TPSA) is 81.9 Å². The van der Waals surface area contributed by atoms with Gasteiger partial charge in [0.1, 0.15) is 0 Å². The zero-order valence-corrected chi connectivity index (χ0v) is 12.2. The fraction of sp³-hybridized carbons (Fsp3) is 0.500. The lowest BCUT2D eigenvalue weighted by Crippen LogP contribution is -2.44. The Morgan fingerprint density at radius 1 is 1.45 bits per heavy atom. The highest BCUT2D eigenvalue weighted by atomic mass is 35.5. The van der Waals surface area contributed by atoms with Crippen LogP contribution in [0.3, 0.4) is 0 Å². The van der Waals surface area contributed by atoms with Crippen LogP contribution < -0.4 is 5.32 Å². The highest BCUT2D eigenvalue weighted by molar-refractivity contribution is 6.34. The van der Waals surface area contributed by atoms with Crippen LogP contribution in [-0.2, 0) is 0 Å². The first-order valence-electron chi connectivity index (χ1n) is 6.19. The monoisotopic (exact) mass is 313 g/mol. The summed E-state index contributed by atoms with van der Waals surface area (Å²) in [4.78, 5) is 14.2. The summed E-state index contributed by atoms with van der Waals surface area (Å²) in [6.07, 6.45) is 1.61. The molecule has 0 atom stereocenters. The summed E-state index contributed by atoms with van der Waals surface area (Å²) in [5, 5.41) is 18.9. The molecule has 2 heterocycles. The molecule has 0 bridgehead atoms. The normalized spacial score (nSPS) is 16.6. The maximum absolute atomic E-state index is 12.1. The Kier molecular flexibility index (Phi) is 5.12. The molecule has 1 aliphatic heterocycles. The SMILES string of the molecule is N#CCN1CCC(NC(=O)c2cc(Cl)nnc2Cl)CC1. The highest BCUT2D eigenvalue weighted by Crippen LogP contribution is 2.17. The number of nitrogens with zero attached hydrogens (tertiary/aromatic N) is 4. The Labute approximate surface area is 126 Å². The Morgan fingerprint density at radius 2 is 2.15 bits per heavy atom. The molecule has 106 valence electrons. The number of halogens is 2. The third-order valence-electron chi connectivity index (χ3n) is 3.18. The van der Waals surface area contributed by atoms with Gasteiger partial charge in [0, 0.05) is 19.1 Å². The van der Waals surface area contributed by atoms with Gasteiger partial charge in [0.25, 0.3) is 5.91 Å². The molecule has 1 fully saturated rings. The van der Waals surface area contributed by atoms with Crippen LogP contribution in [0.4, 0.5) is 0 Å². The third-order valence-corrected chi connectivity index (χ3v) is 3.64. The number of hydrogen-bond donors (Lipinski definition) is 1. The minimum Gasteiger partial charge on any atom is -0.349 e. The summed E-state index contributed by atoms with van der Waals surface area (Å²) in [5.74, 6) is -0.300. The molecule has 1 N–H and O–H groups in total. The first-order valence-corrected chi connectivity index (χ1v) is 6.94. The number of carbonyl (C=O) groups excluding carboxylic acids is 1. The minimum absolute atomic E-state index is 0.0359. The van der Waals surface area contributed by atoms with Crippen molar-refractivity contribution in [2.24, 2.45) is 0 Å².